The van der Waals surface area contributed by atoms with Crippen LogP contribution in [-0.2, 0) is 0 Å². The Balaban J connectivity index is 2.57. The summed E-state index contributed by atoms with van der Waals surface area (Å²) in [5.74, 6) is 5.49. The van der Waals surface area contributed by atoms with Crippen LogP contribution in [0, 0.1) is 13.8 Å². The first-order chi connectivity index (χ1) is 7.58. The lowest BCUT2D eigenvalue weighted by molar-refractivity contribution is 0.834. The monoisotopic (exact) mass is 215 g/mol. The van der Waals surface area contributed by atoms with Crippen LogP contribution in [0.5, 0.6) is 0 Å². The number of hydrogen-bond acceptors (Lipinski definition) is 3. The zero-order valence-corrected chi connectivity index (χ0v) is 9.27. The Bertz CT molecular complexity index is 570. The molecule has 0 aliphatic rings. The molecule has 0 amide bonds. The summed E-state index contributed by atoms with van der Waals surface area (Å²) in [5.41, 5.74) is 3.01. The number of nitrogens with two attached hydrogens (primary N) is 1. The van der Waals surface area contributed by atoms with E-state index < -0.39 is 5.69 Å². The summed E-state index contributed by atoms with van der Waals surface area (Å²) in [4.78, 5) is 15.3. The molecule has 1 aromatic heterocycles. The average molecular weight is 215 g/mol. The molecule has 0 aliphatic carbocycles. The molecular weight excluding hydrogens is 202 g/mol. The zero-order chi connectivity index (χ0) is 11.7. The summed E-state index contributed by atoms with van der Waals surface area (Å²) in [6, 6.07) is 9.65. The summed E-state index contributed by atoms with van der Waals surface area (Å²) >= 11 is 0. The Morgan fingerprint density at radius 3 is 2.38 bits per heavy atom. The van der Waals surface area contributed by atoms with Crippen LogP contribution in [-0.4, -0.2) is 9.66 Å². The van der Waals surface area contributed by atoms with Gasteiger partial charge in [-0.1, -0.05) is 29.8 Å². The second-order valence-corrected chi connectivity index (χ2v) is 3.80. The molecule has 0 atom stereocenters. The summed E-state index contributed by atoms with van der Waals surface area (Å²) in [6.07, 6.45) is 0. The van der Waals surface area contributed by atoms with Crippen molar-refractivity contribution in [3.8, 4) is 11.3 Å². The molecule has 0 saturated carbocycles. The standard InChI is InChI=1S/C12H13N3O/c1-8-3-5-10(6-4-8)11-7-9(2)15(13)12(16)14-11/h3-7H,13H2,1-2H3. The lowest BCUT2D eigenvalue weighted by Crippen LogP contribution is -2.31. The van der Waals surface area contributed by atoms with Gasteiger partial charge in [-0.3, -0.25) is 0 Å². The van der Waals surface area contributed by atoms with E-state index >= 15 is 0 Å². The Kier molecular flexibility index (Phi) is 2.48. The van der Waals surface area contributed by atoms with E-state index in [0.717, 1.165) is 10.2 Å². The van der Waals surface area contributed by atoms with Crippen LogP contribution in [0.1, 0.15) is 11.3 Å². The number of benzene rings is 1. The molecule has 82 valence electrons. The van der Waals surface area contributed by atoms with Gasteiger partial charge in [0, 0.05) is 11.3 Å². The van der Waals surface area contributed by atoms with Crippen LogP contribution in [0.4, 0.5) is 0 Å². The maximum Gasteiger partial charge on any atom is 0.366 e. The van der Waals surface area contributed by atoms with Crippen LogP contribution in [0.15, 0.2) is 35.1 Å². The summed E-state index contributed by atoms with van der Waals surface area (Å²) in [7, 11) is 0. The van der Waals surface area contributed by atoms with Crippen molar-refractivity contribution in [2.75, 3.05) is 5.84 Å². The van der Waals surface area contributed by atoms with E-state index in [2.05, 4.69) is 4.98 Å². The number of hydrogen-bond donors (Lipinski definition) is 1. The van der Waals surface area contributed by atoms with Gasteiger partial charge in [-0.15, -0.1) is 0 Å². The molecule has 4 nitrogen and oxygen atoms in total. The molecule has 0 radical (unpaired) electrons. The minimum Gasteiger partial charge on any atom is -0.335 e. The predicted octanol–water partition coefficient (Wildman–Crippen LogP) is 1.24. The zero-order valence-electron chi connectivity index (χ0n) is 9.27. The highest BCUT2D eigenvalue weighted by Gasteiger charge is 2.04. The first-order valence-electron chi connectivity index (χ1n) is 5.01. The molecule has 0 aliphatic heterocycles. The van der Waals surface area contributed by atoms with Gasteiger partial charge >= 0.3 is 5.69 Å². The highest BCUT2D eigenvalue weighted by Crippen LogP contribution is 2.16. The third-order valence-electron chi connectivity index (χ3n) is 2.50. The van der Waals surface area contributed by atoms with Crippen LogP contribution in [0.25, 0.3) is 11.3 Å². The van der Waals surface area contributed by atoms with Crippen LogP contribution >= 0.6 is 0 Å². The Morgan fingerprint density at radius 1 is 1.19 bits per heavy atom. The molecule has 0 spiro atoms. The molecule has 1 aromatic carbocycles. The van der Waals surface area contributed by atoms with Gasteiger partial charge in [0.1, 0.15) is 0 Å². The topological polar surface area (TPSA) is 60.9 Å². The highest BCUT2D eigenvalue weighted by atomic mass is 16.1. The molecule has 2 N–H and O–H groups in total. The third-order valence-corrected chi connectivity index (χ3v) is 2.50. The molecular formula is C12H13N3O. The van der Waals surface area contributed by atoms with E-state index in [4.69, 9.17) is 5.84 Å². The van der Waals surface area contributed by atoms with E-state index in [1.165, 1.54) is 5.56 Å². The number of rotatable bonds is 1. The fourth-order valence-electron chi connectivity index (χ4n) is 1.48. The smallest absolute Gasteiger partial charge is 0.335 e. The van der Waals surface area contributed by atoms with Crippen molar-refractivity contribution < 1.29 is 0 Å². The molecule has 2 aromatic rings. The molecule has 0 saturated heterocycles. The van der Waals surface area contributed by atoms with Crippen LogP contribution in [0.3, 0.4) is 0 Å². The predicted molar refractivity (Wildman–Crippen MR) is 63.6 cm³/mol. The minimum absolute atomic E-state index is 0.435. The SMILES string of the molecule is Cc1ccc(-c2cc(C)n(N)c(=O)n2)cc1. The number of nitrogen functional groups attached to an aromatic ring is 1. The van der Waals surface area contributed by atoms with Gasteiger partial charge in [-0.2, -0.15) is 4.98 Å². The highest BCUT2D eigenvalue weighted by molar-refractivity contribution is 5.59. The van der Waals surface area contributed by atoms with E-state index in [1.807, 2.05) is 31.2 Å². The summed E-state index contributed by atoms with van der Waals surface area (Å²) in [5, 5.41) is 0. The van der Waals surface area contributed by atoms with Gasteiger partial charge in [0.2, 0.25) is 0 Å². The van der Waals surface area contributed by atoms with E-state index in [9.17, 15) is 4.79 Å². The van der Waals surface area contributed by atoms with Gasteiger partial charge in [0.15, 0.2) is 0 Å². The molecule has 0 bridgehead atoms. The second-order valence-electron chi connectivity index (χ2n) is 3.80. The fourth-order valence-corrected chi connectivity index (χ4v) is 1.48. The number of aromatic nitrogens is 2. The Hall–Kier alpha value is -2.10. The van der Waals surface area contributed by atoms with Crippen LogP contribution < -0.4 is 11.5 Å². The van der Waals surface area contributed by atoms with Crippen molar-refractivity contribution in [2.24, 2.45) is 0 Å². The van der Waals surface area contributed by atoms with Crippen LogP contribution in [0.2, 0.25) is 0 Å². The number of aryl methyl sites for hydroxylation is 2. The maximum atomic E-state index is 11.4. The van der Waals surface area contributed by atoms with Gasteiger partial charge in [-0.05, 0) is 19.9 Å². The summed E-state index contributed by atoms with van der Waals surface area (Å²) in [6.45, 7) is 3.79. The lowest BCUT2D eigenvalue weighted by atomic mass is 10.1. The number of nitrogens with zero attached hydrogens (tertiary/aromatic N) is 2. The van der Waals surface area contributed by atoms with Gasteiger partial charge < -0.3 is 5.84 Å². The molecule has 1 heterocycles. The average Bonchev–Trinajstić information content (AvgIpc) is 2.26. The molecule has 0 fully saturated rings. The van der Waals surface area contributed by atoms with E-state index in [-0.39, 0.29) is 0 Å². The largest absolute Gasteiger partial charge is 0.366 e. The Morgan fingerprint density at radius 2 is 1.81 bits per heavy atom. The molecule has 2 rings (SSSR count). The van der Waals surface area contributed by atoms with Crippen molar-refractivity contribution in [3.63, 3.8) is 0 Å². The Labute approximate surface area is 93.3 Å². The normalized spacial score (nSPS) is 10.4. The minimum atomic E-state index is -0.435. The van der Waals surface area contributed by atoms with Crippen molar-refractivity contribution in [2.45, 2.75) is 13.8 Å². The van der Waals surface area contributed by atoms with Gasteiger partial charge in [0.05, 0.1) is 5.69 Å². The fraction of sp³-hybridized carbons (Fsp3) is 0.167. The lowest BCUT2D eigenvalue weighted by Gasteiger charge is -2.05. The van der Waals surface area contributed by atoms with Crippen molar-refractivity contribution in [1.29, 1.82) is 0 Å². The summed E-state index contributed by atoms with van der Waals surface area (Å²) < 4.78 is 1.04. The van der Waals surface area contributed by atoms with Gasteiger partial charge in [-0.25, -0.2) is 9.47 Å². The molecule has 4 heteroatoms. The van der Waals surface area contributed by atoms with Crippen molar-refractivity contribution in [3.05, 3.63) is 52.1 Å². The van der Waals surface area contributed by atoms with Crippen molar-refractivity contribution in [1.82, 2.24) is 9.66 Å². The molecule has 0 unspecified atom stereocenters. The quantitative estimate of drug-likeness (QED) is 0.728. The van der Waals surface area contributed by atoms with Gasteiger partial charge in [0.25, 0.3) is 0 Å². The van der Waals surface area contributed by atoms with E-state index in [1.54, 1.807) is 13.0 Å². The maximum absolute atomic E-state index is 11.4. The second kappa shape index (κ2) is 3.81. The van der Waals surface area contributed by atoms with E-state index in [0.29, 0.717) is 11.4 Å². The first-order valence-corrected chi connectivity index (χ1v) is 5.01. The van der Waals surface area contributed by atoms with Crippen molar-refractivity contribution >= 4 is 0 Å². The first kappa shape index (κ1) is 10.4. The molecule has 16 heavy (non-hydrogen) atoms. The third kappa shape index (κ3) is 1.82.